The number of aromatic nitrogens is 2. The van der Waals surface area contributed by atoms with Gasteiger partial charge in [-0.15, -0.1) is 0 Å². The molecule has 0 saturated heterocycles. The number of ether oxygens (including phenoxy) is 1. The summed E-state index contributed by atoms with van der Waals surface area (Å²) in [7, 11) is 5.58. The number of fused-ring (bicyclic) bond motifs is 1. The van der Waals surface area contributed by atoms with Crippen molar-refractivity contribution in [2.45, 2.75) is 39.8 Å². The van der Waals surface area contributed by atoms with Gasteiger partial charge in [-0.25, -0.2) is 4.98 Å². The first-order valence-electron chi connectivity index (χ1n) is 10.2. The Hall–Kier alpha value is -2.25. The molecular weight excluding hydrogens is 368 g/mol. The smallest absolute Gasteiger partial charge is 0.261 e. The molecule has 1 aromatic carbocycles. The first-order chi connectivity index (χ1) is 13.8. The maximum Gasteiger partial charge on any atom is 0.261 e. The number of hydrogen-bond donors (Lipinski definition) is 0. The van der Waals surface area contributed by atoms with Gasteiger partial charge in [-0.2, -0.15) is 0 Å². The summed E-state index contributed by atoms with van der Waals surface area (Å²) < 4.78 is 6.87. The van der Waals surface area contributed by atoms with Crippen molar-refractivity contribution in [2.75, 3.05) is 40.9 Å². The van der Waals surface area contributed by atoms with Crippen molar-refractivity contribution in [3.63, 3.8) is 0 Å². The second kappa shape index (κ2) is 10.5. The Bertz CT molecular complexity index is 876. The SMILES string of the molecule is COCCn1c(C(C)N(CCN(C)C)C(=O)CC(C)C)nc2ccccc2c1=O. The third kappa shape index (κ3) is 5.87. The Morgan fingerprint density at radius 3 is 2.48 bits per heavy atom. The maximum absolute atomic E-state index is 13.2. The van der Waals surface area contributed by atoms with Gasteiger partial charge in [-0.05, 0) is 39.1 Å². The van der Waals surface area contributed by atoms with Crippen LogP contribution in [0.1, 0.15) is 39.1 Å². The Balaban J connectivity index is 2.53. The van der Waals surface area contributed by atoms with Gasteiger partial charge in [0.1, 0.15) is 5.82 Å². The molecule has 2 aromatic rings. The number of hydrogen-bond acceptors (Lipinski definition) is 5. The van der Waals surface area contributed by atoms with Crippen LogP contribution in [0.25, 0.3) is 10.9 Å². The lowest BCUT2D eigenvalue weighted by molar-refractivity contribution is -0.134. The quantitative estimate of drug-likeness (QED) is 0.611. The zero-order chi connectivity index (χ0) is 21.6. The second-order valence-corrected chi connectivity index (χ2v) is 8.10. The molecule has 1 aromatic heterocycles. The summed E-state index contributed by atoms with van der Waals surface area (Å²) in [4.78, 5) is 34.9. The van der Waals surface area contributed by atoms with E-state index in [4.69, 9.17) is 9.72 Å². The van der Waals surface area contributed by atoms with Crippen LogP contribution in [-0.2, 0) is 16.1 Å². The highest BCUT2D eigenvalue weighted by Gasteiger charge is 2.26. The van der Waals surface area contributed by atoms with E-state index in [9.17, 15) is 9.59 Å². The van der Waals surface area contributed by atoms with Crippen LogP contribution in [0.3, 0.4) is 0 Å². The normalized spacial score (nSPS) is 12.7. The zero-order valence-corrected chi connectivity index (χ0v) is 18.5. The highest BCUT2D eigenvalue weighted by atomic mass is 16.5. The molecule has 0 aliphatic rings. The molecule has 0 N–H and O–H groups in total. The molecular formula is C22H34N4O3. The van der Waals surface area contributed by atoms with Crippen molar-refractivity contribution in [1.82, 2.24) is 19.4 Å². The fraction of sp³-hybridized carbons (Fsp3) is 0.591. The van der Waals surface area contributed by atoms with E-state index in [1.165, 1.54) is 0 Å². The zero-order valence-electron chi connectivity index (χ0n) is 18.5. The Labute approximate surface area is 173 Å². The Morgan fingerprint density at radius 1 is 1.17 bits per heavy atom. The molecule has 29 heavy (non-hydrogen) atoms. The molecule has 0 saturated carbocycles. The number of methoxy groups -OCH3 is 1. The average Bonchev–Trinajstić information content (AvgIpc) is 2.66. The summed E-state index contributed by atoms with van der Waals surface area (Å²) in [6.45, 7) is 8.14. The van der Waals surface area contributed by atoms with Gasteiger partial charge in [0.15, 0.2) is 0 Å². The van der Waals surface area contributed by atoms with E-state index in [2.05, 4.69) is 0 Å². The van der Waals surface area contributed by atoms with E-state index in [-0.39, 0.29) is 23.4 Å². The molecule has 1 atom stereocenters. The van der Waals surface area contributed by atoms with Crippen molar-refractivity contribution in [1.29, 1.82) is 0 Å². The molecule has 0 aliphatic heterocycles. The Kier molecular flexibility index (Phi) is 8.34. The number of amides is 1. The first kappa shape index (κ1) is 23.0. The summed E-state index contributed by atoms with van der Waals surface area (Å²) in [5, 5.41) is 0.577. The first-order valence-corrected chi connectivity index (χ1v) is 10.2. The highest BCUT2D eigenvalue weighted by molar-refractivity contribution is 5.78. The van der Waals surface area contributed by atoms with Crippen molar-refractivity contribution in [3.8, 4) is 0 Å². The van der Waals surface area contributed by atoms with E-state index in [0.29, 0.717) is 42.8 Å². The lowest BCUT2D eigenvalue weighted by atomic mass is 10.1. The summed E-state index contributed by atoms with van der Waals surface area (Å²) >= 11 is 0. The fourth-order valence-corrected chi connectivity index (χ4v) is 3.35. The van der Waals surface area contributed by atoms with Crippen LogP contribution in [0.4, 0.5) is 0 Å². The van der Waals surface area contributed by atoms with Gasteiger partial charge in [0.25, 0.3) is 5.56 Å². The minimum Gasteiger partial charge on any atom is -0.383 e. The van der Waals surface area contributed by atoms with Gasteiger partial charge in [-0.1, -0.05) is 26.0 Å². The van der Waals surface area contributed by atoms with Gasteiger partial charge in [0.05, 0.1) is 30.1 Å². The van der Waals surface area contributed by atoms with Crippen molar-refractivity contribution in [2.24, 2.45) is 5.92 Å². The van der Waals surface area contributed by atoms with Crippen molar-refractivity contribution in [3.05, 3.63) is 40.4 Å². The highest BCUT2D eigenvalue weighted by Crippen LogP contribution is 2.22. The molecule has 1 amide bonds. The largest absolute Gasteiger partial charge is 0.383 e. The van der Waals surface area contributed by atoms with Crippen LogP contribution in [0.5, 0.6) is 0 Å². The topological polar surface area (TPSA) is 67.7 Å². The number of rotatable bonds is 10. The minimum absolute atomic E-state index is 0.0787. The minimum atomic E-state index is -0.324. The molecule has 0 spiro atoms. The number of carbonyl (C=O) groups is 1. The molecule has 1 unspecified atom stereocenters. The monoisotopic (exact) mass is 402 g/mol. The molecule has 7 heteroatoms. The standard InChI is InChI=1S/C22H34N4O3/c1-16(2)15-20(27)25(12-11-24(4)5)17(3)21-23-19-10-8-7-9-18(19)22(28)26(21)13-14-29-6/h7-10,16-17H,11-15H2,1-6H3. The third-order valence-electron chi connectivity index (χ3n) is 4.94. The molecule has 0 bridgehead atoms. The second-order valence-electron chi connectivity index (χ2n) is 8.10. The predicted molar refractivity (Wildman–Crippen MR) is 116 cm³/mol. The molecule has 0 fully saturated rings. The predicted octanol–water partition coefficient (Wildman–Crippen LogP) is 2.54. The maximum atomic E-state index is 13.2. The summed E-state index contributed by atoms with van der Waals surface area (Å²) in [6.07, 6.45) is 0.466. The average molecular weight is 403 g/mol. The van der Waals surface area contributed by atoms with E-state index >= 15 is 0 Å². The van der Waals surface area contributed by atoms with E-state index in [1.807, 2.05) is 62.9 Å². The number of carbonyl (C=O) groups excluding carboxylic acids is 1. The van der Waals surface area contributed by atoms with Crippen molar-refractivity contribution >= 4 is 16.8 Å². The third-order valence-corrected chi connectivity index (χ3v) is 4.94. The van der Waals surface area contributed by atoms with Crippen molar-refractivity contribution < 1.29 is 9.53 Å². The molecule has 2 rings (SSSR count). The lowest BCUT2D eigenvalue weighted by Gasteiger charge is -2.32. The number of benzene rings is 1. The molecule has 0 aliphatic carbocycles. The van der Waals surface area contributed by atoms with Gasteiger partial charge in [0, 0.05) is 26.6 Å². The van der Waals surface area contributed by atoms with E-state index < -0.39 is 0 Å². The Morgan fingerprint density at radius 2 is 1.86 bits per heavy atom. The summed E-state index contributed by atoms with van der Waals surface area (Å²) in [5.41, 5.74) is 0.551. The van der Waals surface area contributed by atoms with Gasteiger partial charge >= 0.3 is 0 Å². The van der Waals surface area contributed by atoms with Gasteiger partial charge < -0.3 is 14.5 Å². The fourth-order valence-electron chi connectivity index (χ4n) is 3.35. The number of para-hydroxylation sites is 1. The van der Waals surface area contributed by atoms with Crippen LogP contribution < -0.4 is 5.56 Å². The molecule has 0 radical (unpaired) electrons. The van der Waals surface area contributed by atoms with Gasteiger partial charge in [0.2, 0.25) is 5.91 Å². The van der Waals surface area contributed by atoms with Crippen LogP contribution in [0.2, 0.25) is 0 Å². The number of nitrogens with zero attached hydrogens (tertiary/aromatic N) is 4. The molecule has 160 valence electrons. The van der Waals surface area contributed by atoms with Gasteiger partial charge in [-0.3, -0.25) is 14.2 Å². The number of likely N-dealkylation sites (N-methyl/N-ethyl adjacent to an activating group) is 1. The van der Waals surface area contributed by atoms with Crippen LogP contribution in [0, 0.1) is 5.92 Å². The molecule has 7 nitrogen and oxygen atoms in total. The lowest BCUT2D eigenvalue weighted by Crippen LogP contribution is -2.41. The van der Waals surface area contributed by atoms with Crippen LogP contribution in [0.15, 0.2) is 29.1 Å². The van der Waals surface area contributed by atoms with E-state index in [1.54, 1.807) is 17.7 Å². The van der Waals surface area contributed by atoms with Crippen LogP contribution >= 0.6 is 0 Å². The van der Waals surface area contributed by atoms with E-state index in [0.717, 1.165) is 6.54 Å². The summed E-state index contributed by atoms with van der Waals surface area (Å²) in [5.74, 6) is 0.938. The van der Waals surface area contributed by atoms with Crippen LogP contribution in [-0.4, -0.2) is 66.2 Å². The molecule has 1 heterocycles. The summed E-state index contributed by atoms with van der Waals surface area (Å²) in [6, 6.07) is 7.01.